The highest BCUT2D eigenvalue weighted by atomic mass is 32.1. The average molecular weight is 293 g/mol. The van der Waals surface area contributed by atoms with E-state index in [1.54, 1.807) is 11.3 Å². The molecular weight excluding hydrogens is 274 g/mol. The Bertz CT molecular complexity index is 519. The number of nitrogens with zero attached hydrogens (tertiary/aromatic N) is 4. The largest absolute Gasteiger partial charge is 0.338 e. The van der Waals surface area contributed by atoms with Crippen LogP contribution in [0.5, 0.6) is 0 Å². The van der Waals surface area contributed by atoms with Crippen LogP contribution < -0.4 is 5.73 Å². The predicted octanol–water partition coefficient (Wildman–Crippen LogP) is 0.874. The fraction of sp³-hybridized carbons (Fsp3) is 0.538. The van der Waals surface area contributed by atoms with Gasteiger partial charge in [0.15, 0.2) is 0 Å². The van der Waals surface area contributed by atoms with Gasteiger partial charge < -0.3 is 10.3 Å². The summed E-state index contributed by atoms with van der Waals surface area (Å²) in [6, 6.07) is 4.00. The van der Waals surface area contributed by atoms with E-state index in [9.17, 15) is 0 Å². The number of aromatic nitrogens is 2. The summed E-state index contributed by atoms with van der Waals surface area (Å²) >= 11 is 1.62. The standard InChI is InChI=1S/C13H19N5OS/c14-3-4-17-5-7-18(8-6-17)10-12-15-13(16-19-12)11-2-1-9-20-11/h1-2,9H,3-8,10,14H2. The van der Waals surface area contributed by atoms with Gasteiger partial charge in [-0.05, 0) is 11.4 Å². The second-order valence-electron chi connectivity index (χ2n) is 4.90. The third-order valence-corrected chi connectivity index (χ3v) is 4.34. The van der Waals surface area contributed by atoms with Gasteiger partial charge in [-0.2, -0.15) is 4.98 Å². The molecule has 0 amide bonds. The fourth-order valence-corrected chi connectivity index (χ4v) is 3.02. The van der Waals surface area contributed by atoms with E-state index < -0.39 is 0 Å². The predicted molar refractivity (Wildman–Crippen MR) is 78.4 cm³/mol. The normalized spacial score (nSPS) is 17.6. The maximum absolute atomic E-state index is 5.58. The van der Waals surface area contributed by atoms with Gasteiger partial charge in [0.2, 0.25) is 11.7 Å². The molecule has 1 aliphatic rings. The van der Waals surface area contributed by atoms with E-state index in [-0.39, 0.29) is 0 Å². The highest BCUT2D eigenvalue weighted by molar-refractivity contribution is 7.13. The molecule has 108 valence electrons. The molecule has 3 heterocycles. The second kappa shape index (κ2) is 6.45. The van der Waals surface area contributed by atoms with Crippen LogP contribution in [-0.2, 0) is 6.54 Å². The van der Waals surface area contributed by atoms with Crippen LogP contribution >= 0.6 is 11.3 Å². The first-order valence-electron chi connectivity index (χ1n) is 6.86. The van der Waals surface area contributed by atoms with Crippen molar-refractivity contribution in [2.24, 2.45) is 5.73 Å². The van der Waals surface area contributed by atoms with E-state index >= 15 is 0 Å². The van der Waals surface area contributed by atoms with Crippen molar-refractivity contribution in [2.75, 3.05) is 39.3 Å². The lowest BCUT2D eigenvalue weighted by Gasteiger charge is -2.33. The van der Waals surface area contributed by atoms with Crippen molar-refractivity contribution in [3.8, 4) is 10.7 Å². The summed E-state index contributed by atoms with van der Waals surface area (Å²) in [4.78, 5) is 10.2. The Balaban J connectivity index is 1.54. The number of rotatable bonds is 5. The van der Waals surface area contributed by atoms with E-state index in [1.807, 2.05) is 17.5 Å². The van der Waals surface area contributed by atoms with Crippen LogP contribution in [0, 0.1) is 0 Å². The zero-order valence-electron chi connectivity index (χ0n) is 11.4. The molecule has 2 aromatic heterocycles. The molecule has 2 N–H and O–H groups in total. The van der Waals surface area contributed by atoms with Crippen LogP contribution in [0.4, 0.5) is 0 Å². The molecule has 20 heavy (non-hydrogen) atoms. The smallest absolute Gasteiger partial charge is 0.241 e. The number of hydrogen-bond donors (Lipinski definition) is 1. The van der Waals surface area contributed by atoms with Crippen molar-refractivity contribution in [3.63, 3.8) is 0 Å². The van der Waals surface area contributed by atoms with Gasteiger partial charge in [0.25, 0.3) is 0 Å². The lowest BCUT2D eigenvalue weighted by molar-refractivity contribution is 0.119. The van der Waals surface area contributed by atoms with E-state index in [2.05, 4.69) is 19.9 Å². The van der Waals surface area contributed by atoms with Gasteiger partial charge in [-0.25, -0.2) is 0 Å². The molecule has 0 bridgehead atoms. The van der Waals surface area contributed by atoms with Crippen molar-refractivity contribution >= 4 is 11.3 Å². The van der Waals surface area contributed by atoms with Gasteiger partial charge in [0, 0.05) is 39.3 Å². The first-order valence-corrected chi connectivity index (χ1v) is 7.74. The molecule has 6 nitrogen and oxygen atoms in total. The van der Waals surface area contributed by atoms with Gasteiger partial charge in [0.05, 0.1) is 11.4 Å². The molecule has 1 saturated heterocycles. The van der Waals surface area contributed by atoms with Crippen LogP contribution in [0.25, 0.3) is 10.7 Å². The summed E-state index contributed by atoms with van der Waals surface area (Å²) < 4.78 is 5.34. The maximum atomic E-state index is 5.58. The number of nitrogens with two attached hydrogens (primary N) is 1. The Morgan fingerprint density at radius 2 is 2.05 bits per heavy atom. The number of thiophene rings is 1. The summed E-state index contributed by atoms with van der Waals surface area (Å²) in [5, 5.41) is 6.06. The van der Waals surface area contributed by atoms with E-state index in [1.165, 1.54) is 0 Å². The van der Waals surface area contributed by atoms with E-state index in [4.69, 9.17) is 10.3 Å². The minimum atomic E-state index is 0.691. The summed E-state index contributed by atoms with van der Waals surface area (Å²) in [7, 11) is 0. The molecule has 2 aromatic rings. The first kappa shape index (κ1) is 13.7. The lowest BCUT2D eigenvalue weighted by atomic mass is 10.3. The van der Waals surface area contributed by atoms with Crippen molar-refractivity contribution in [1.82, 2.24) is 19.9 Å². The molecule has 0 atom stereocenters. The maximum Gasteiger partial charge on any atom is 0.241 e. The molecule has 7 heteroatoms. The lowest BCUT2D eigenvalue weighted by Crippen LogP contribution is -2.47. The average Bonchev–Trinajstić information content (AvgIpc) is 3.12. The van der Waals surface area contributed by atoms with Crippen molar-refractivity contribution in [2.45, 2.75) is 6.54 Å². The van der Waals surface area contributed by atoms with Crippen molar-refractivity contribution in [3.05, 3.63) is 23.4 Å². The zero-order valence-corrected chi connectivity index (χ0v) is 12.2. The van der Waals surface area contributed by atoms with Gasteiger partial charge in [-0.3, -0.25) is 9.80 Å². The Morgan fingerprint density at radius 3 is 2.75 bits per heavy atom. The molecule has 0 spiro atoms. The van der Waals surface area contributed by atoms with E-state index in [0.717, 1.165) is 50.7 Å². The quantitative estimate of drug-likeness (QED) is 0.882. The molecule has 0 aliphatic carbocycles. The Hall–Kier alpha value is -1.28. The molecule has 0 aromatic carbocycles. The second-order valence-corrected chi connectivity index (χ2v) is 5.84. The number of piperazine rings is 1. The van der Waals surface area contributed by atoms with Crippen LogP contribution in [0.2, 0.25) is 0 Å². The zero-order chi connectivity index (χ0) is 13.8. The van der Waals surface area contributed by atoms with Gasteiger partial charge in [0.1, 0.15) is 0 Å². The molecule has 1 fully saturated rings. The van der Waals surface area contributed by atoms with Gasteiger partial charge >= 0.3 is 0 Å². The molecule has 0 unspecified atom stereocenters. The minimum absolute atomic E-state index is 0.691. The minimum Gasteiger partial charge on any atom is -0.338 e. The molecule has 0 saturated carbocycles. The Kier molecular flexibility index (Phi) is 4.41. The van der Waals surface area contributed by atoms with Crippen LogP contribution in [0.15, 0.2) is 22.0 Å². The van der Waals surface area contributed by atoms with Gasteiger partial charge in [-0.1, -0.05) is 11.2 Å². The number of hydrogen-bond acceptors (Lipinski definition) is 7. The van der Waals surface area contributed by atoms with Crippen LogP contribution in [0.1, 0.15) is 5.89 Å². The topological polar surface area (TPSA) is 71.4 Å². The molecular formula is C13H19N5OS. The van der Waals surface area contributed by atoms with E-state index in [0.29, 0.717) is 11.7 Å². The third kappa shape index (κ3) is 3.24. The summed E-state index contributed by atoms with van der Waals surface area (Å²) in [5.41, 5.74) is 5.58. The summed E-state index contributed by atoms with van der Waals surface area (Å²) in [6.07, 6.45) is 0. The summed E-state index contributed by atoms with van der Waals surface area (Å²) in [6.45, 7) is 6.61. The third-order valence-electron chi connectivity index (χ3n) is 3.48. The monoisotopic (exact) mass is 293 g/mol. The Labute approximate surface area is 122 Å². The SMILES string of the molecule is NCCN1CCN(Cc2nc(-c3cccs3)no2)CC1. The molecule has 1 aliphatic heterocycles. The fourth-order valence-electron chi connectivity index (χ4n) is 2.37. The first-order chi connectivity index (χ1) is 9.85. The highest BCUT2D eigenvalue weighted by Crippen LogP contribution is 2.21. The van der Waals surface area contributed by atoms with Crippen molar-refractivity contribution in [1.29, 1.82) is 0 Å². The van der Waals surface area contributed by atoms with Crippen molar-refractivity contribution < 1.29 is 4.52 Å². The molecule has 0 radical (unpaired) electrons. The molecule has 3 rings (SSSR count). The highest BCUT2D eigenvalue weighted by Gasteiger charge is 2.19. The Morgan fingerprint density at radius 1 is 1.25 bits per heavy atom. The van der Waals surface area contributed by atoms with Crippen LogP contribution in [0.3, 0.4) is 0 Å². The van der Waals surface area contributed by atoms with Gasteiger partial charge in [-0.15, -0.1) is 11.3 Å². The van der Waals surface area contributed by atoms with Crippen LogP contribution in [-0.4, -0.2) is 59.2 Å². The summed E-state index contributed by atoms with van der Waals surface area (Å²) in [5.74, 6) is 1.39.